The molecule has 0 fully saturated rings. The van der Waals surface area contributed by atoms with Crippen molar-refractivity contribution in [2.24, 2.45) is 0 Å². The van der Waals surface area contributed by atoms with Gasteiger partial charge in [-0.1, -0.05) is 54.1 Å². The highest BCUT2D eigenvalue weighted by Crippen LogP contribution is 2.35. The molecule has 0 aliphatic carbocycles. The van der Waals surface area contributed by atoms with E-state index in [0.29, 0.717) is 30.4 Å². The van der Waals surface area contributed by atoms with Gasteiger partial charge in [0.1, 0.15) is 16.1 Å². The molecule has 2 amide bonds. The Balaban J connectivity index is 1.52. The van der Waals surface area contributed by atoms with Crippen LogP contribution in [-0.2, 0) is 24.4 Å². The van der Waals surface area contributed by atoms with Gasteiger partial charge < -0.3 is 14.8 Å². The average molecular weight is 464 g/mol. The molecule has 7 heteroatoms. The zero-order valence-corrected chi connectivity index (χ0v) is 19.1. The Kier molecular flexibility index (Phi) is 5.27. The smallest absolute Gasteiger partial charge is 0.271 e. The van der Waals surface area contributed by atoms with Crippen LogP contribution in [0, 0.1) is 0 Å². The number of fused-ring (bicyclic) bond motifs is 3. The molecule has 0 bridgehead atoms. The third-order valence-electron chi connectivity index (χ3n) is 6.04. The lowest BCUT2D eigenvalue weighted by atomic mass is 9.93. The fourth-order valence-corrected chi connectivity index (χ4v) is 5.40. The van der Waals surface area contributed by atoms with Gasteiger partial charge in [0.15, 0.2) is 0 Å². The third-order valence-corrected chi connectivity index (χ3v) is 7.23. The van der Waals surface area contributed by atoms with Crippen LogP contribution in [0.5, 0.6) is 0 Å². The summed E-state index contributed by atoms with van der Waals surface area (Å²) >= 11 is 7.77. The maximum absolute atomic E-state index is 13.7. The van der Waals surface area contributed by atoms with Gasteiger partial charge in [-0.05, 0) is 47.7 Å². The quantitative estimate of drug-likeness (QED) is 0.448. The number of halogens is 1. The van der Waals surface area contributed by atoms with Gasteiger partial charge in [0.25, 0.3) is 5.91 Å². The van der Waals surface area contributed by atoms with Crippen molar-refractivity contribution in [2.75, 3.05) is 0 Å². The minimum Gasteiger partial charge on any atom is -0.350 e. The summed E-state index contributed by atoms with van der Waals surface area (Å²) in [5.41, 5.74) is 1.45. The van der Waals surface area contributed by atoms with Gasteiger partial charge in [-0.15, -0.1) is 11.3 Å². The molecule has 2 aromatic heterocycles. The fraction of sp³-hybridized carbons (Fsp3) is 0.200. The molecule has 0 unspecified atom stereocenters. The first kappa shape index (κ1) is 20.8. The van der Waals surface area contributed by atoms with Crippen LogP contribution in [0.4, 0.5) is 0 Å². The summed E-state index contributed by atoms with van der Waals surface area (Å²) in [5, 5.41) is 6.69. The second kappa shape index (κ2) is 8.11. The maximum atomic E-state index is 13.7. The molecule has 1 aliphatic rings. The summed E-state index contributed by atoms with van der Waals surface area (Å²) in [5.74, 6) is -0.335. The largest absolute Gasteiger partial charge is 0.350 e. The number of rotatable bonds is 5. The van der Waals surface area contributed by atoms with E-state index in [1.165, 1.54) is 0 Å². The molecular weight excluding hydrogens is 442 g/mol. The molecule has 1 N–H and O–H groups in total. The van der Waals surface area contributed by atoms with Gasteiger partial charge in [-0.2, -0.15) is 0 Å². The summed E-state index contributed by atoms with van der Waals surface area (Å²) in [7, 11) is 0. The van der Waals surface area contributed by atoms with Gasteiger partial charge in [-0.25, -0.2) is 0 Å². The minimum atomic E-state index is -1.06. The second-order valence-electron chi connectivity index (χ2n) is 8.26. The van der Waals surface area contributed by atoms with Gasteiger partial charge in [-0.3, -0.25) is 9.59 Å². The molecule has 1 aliphatic heterocycles. The van der Waals surface area contributed by atoms with Gasteiger partial charge in [0.05, 0.1) is 6.54 Å². The molecule has 0 spiro atoms. The number of nitrogens with one attached hydrogen (secondary N) is 1. The van der Waals surface area contributed by atoms with Crippen LogP contribution < -0.4 is 5.32 Å². The zero-order chi connectivity index (χ0) is 22.3. The van der Waals surface area contributed by atoms with Crippen molar-refractivity contribution in [3.05, 3.63) is 94.0 Å². The van der Waals surface area contributed by atoms with E-state index in [9.17, 15) is 9.59 Å². The van der Waals surface area contributed by atoms with Crippen molar-refractivity contribution in [2.45, 2.75) is 32.1 Å². The average Bonchev–Trinajstić information content (AvgIpc) is 3.38. The lowest BCUT2D eigenvalue weighted by Crippen LogP contribution is -2.63. The van der Waals surface area contributed by atoms with E-state index >= 15 is 0 Å². The van der Waals surface area contributed by atoms with Crippen LogP contribution in [0.3, 0.4) is 0 Å². The highest BCUT2D eigenvalue weighted by atomic mass is 35.5. The first-order valence-corrected chi connectivity index (χ1v) is 11.7. The standard InChI is InChI=1S/C25H22ClN3O2S/c1-25(24(31)27-14-17-6-3-2-4-7-17)16-28-21(13-19-10-11-32-23(19)28)22(30)29(25)15-18-8-5-9-20(26)12-18/h2-13H,14-16H2,1H3,(H,27,31)/t25-/m1/s1. The molecule has 3 heterocycles. The first-order valence-electron chi connectivity index (χ1n) is 10.4. The molecule has 32 heavy (non-hydrogen) atoms. The summed E-state index contributed by atoms with van der Waals surface area (Å²) in [6.07, 6.45) is 0. The van der Waals surface area contributed by atoms with Crippen molar-refractivity contribution in [3.63, 3.8) is 0 Å². The Labute approximate surface area is 195 Å². The minimum absolute atomic E-state index is 0.156. The van der Waals surface area contributed by atoms with Crippen LogP contribution in [0.25, 0.3) is 10.2 Å². The molecule has 0 saturated heterocycles. The van der Waals surface area contributed by atoms with Crippen molar-refractivity contribution < 1.29 is 9.59 Å². The monoisotopic (exact) mass is 463 g/mol. The van der Waals surface area contributed by atoms with Crippen molar-refractivity contribution in [1.29, 1.82) is 0 Å². The van der Waals surface area contributed by atoms with Gasteiger partial charge >= 0.3 is 0 Å². The molecular formula is C25H22ClN3O2S. The number of carbonyl (C=O) groups is 2. The van der Waals surface area contributed by atoms with Crippen LogP contribution in [-0.4, -0.2) is 26.8 Å². The normalized spacial score (nSPS) is 18.1. The van der Waals surface area contributed by atoms with E-state index in [1.807, 2.05) is 77.5 Å². The van der Waals surface area contributed by atoms with Crippen LogP contribution in [0.2, 0.25) is 5.02 Å². The Morgan fingerprint density at radius 3 is 2.66 bits per heavy atom. The van der Waals surface area contributed by atoms with Crippen molar-refractivity contribution >= 4 is 45.0 Å². The number of aromatic nitrogens is 1. The van der Waals surface area contributed by atoms with E-state index in [1.54, 1.807) is 22.3 Å². The van der Waals surface area contributed by atoms with Crippen LogP contribution in [0.1, 0.15) is 28.5 Å². The predicted octanol–water partition coefficient (Wildman–Crippen LogP) is 5.09. The number of hydrogen-bond donors (Lipinski definition) is 1. The Bertz CT molecular complexity index is 1310. The molecule has 0 radical (unpaired) electrons. The SMILES string of the molecule is C[C@]1(C(=O)NCc2ccccc2)Cn2c(cc3ccsc32)C(=O)N1Cc1cccc(Cl)c1. The fourth-order valence-electron chi connectivity index (χ4n) is 4.29. The molecule has 2 aromatic carbocycles. The summed E-state index contributed by atoms with van der Waals surface area (Å²) in [4.78, 5) is 29.9. The van der Waals surface area contributed by atoms with Gasteiger partial charge in [0, 0.05) is 23.5 Å². The highest BCUT2D eigenvalue weighted by Gasteiger charge is 2.47. The van der Waals surface area contributed by atoms with E-state index in [0.717, 1.165) is 21.3 Å². The Morgan fingerprint density at radius 2 is 1.88 bits per heavy atom. The zero-order valence-electron chi connectivity index (χ0n) is 17.5. The molecule has 5 rings (SSSR count). The van der Waals surface area contributed by atoms with E-state index in [-0.39, 0.29) is 11.8 Å². The highest BCUT2D eigenvalue weighted by molar-refractivity contribution is 7.16. The number of thiophene rings is 1. The number of carbonyl (C=O) groups excluding carboxylic acids is 2. The summed E-state index contributed by atoms with van der Waals surface area (Å²) in [6, 6.07) is 21.1. The summed E-state index contributed by atoms with van der Waals surface area (Å²) in [6.45, 7) is 2.94. The van der Waals surface area contributed by atoms with Gasteiger partial charge in [0.2, 0.25) is 5.91 Å². The molecule has 162 valence electrons. The Morgan fingerprint density at radius 1 is 1.09 bits per heavy atom. The lowest BCUT2D eigenvalue weighted by molar-refractivity contribution is -0.133. The van der Waals surface area contributed by atoms with Crippen LogP contribution >= 0.6 is 22.9 Å². The Hall–Kier alpha value is -3.09. The maximum Gasteiger partial charge on any atom is 0.271 e. The number of hydrogen-bond acceptors (Lipinski definition) is 3. The number of nitrogens with zero attached hydrogens (tertiary/aromatic N) is 2. The summed E-state index contributed by atoms with van der Waals surface area (Å²) < 4.78 is 1.99. The molecule has 1 atom stereocenters. The second-order valence-corrected chi connectivity index (χ2v) is 9.59. The van der Waals surface area contributed by atoms with Crippen molar-refractivity contribution in [3.8, 4) is 0 Å². The molecule has 5 nitrogen and oxygen atoms in total. The van der Waals surface area contributed by atoms with E-state index in [2.05, 4.69) is 5.32 Å². The predicted molar refractivity (Wildman–Crippen MR) is 128 cm³/mol. The molecule has 4 aromatic rings. The first-order chi connectivity index (χ1) is 15.5. The van der Waals surface area contributed by atoms with Crippen molar-refractivity contribution in [1.82, 2.24) is 14.8 Å². The number of amides is 2. The topological polar surface area (TPSA) is 54.3 Å². The number of benzene rings is 2. The third kappa shape index (κ3) is 3.59. The van der Waals surface area contributed by atoms with E-state index < -0.39 is 5.54 Å². The van der Waals surface area contributed by atoms with E-state index in [4.69, 9.17) is 11.6 Å². The molecule has 0 saturated carbocycles. The van der Waals surface area contributed by atoms with Crippen LogP contribution in [0.15, 0.2) is 72.1 Å². The lowest BCUT2D eigenvalue weighted by Gasteiger charge is -2.44.